The summed E-state index contributed by atoms with van der Waals surface area (Å²) in [6, 6.07) is 8.57. The Balaban J connectivity index is 1.73. The van der Waals surface area contributed by atoms with Gasteiger partial charge in [0.15, 0.2) is 5.82 Å². The van der Waals surface area contributed by atoms with Gasteiger partial charge in [0, 0.05) is 12.5 Å². The van der Waals surface area contributed by atoms with Gasteiger partial charge in [-0.15, -0.1) is 0 Å². The number of hydrogen-bond acceptors (Lipinski definition) is 4. The molecule has 1 aliphatic rings. The summed E-state index contributed by atoms with van der Waals surface area (Å²) in [5.41, 5.74) is 8.73. The summed E-state index contributed by atoms with van der Waals surface area (Å²) in [7, 11) is 0. The van der Waals surface area contributed by atoms with Crippen LogP contribution in [0.25, 0.3) is 0 Å². The quantitative estimate of drug-likeness (QED) is 0.878. The fourth-order valence-corrected chi connectivity index (χ4v) is 3.14. The van der Waals surface area contributed by atoms with Crippen LogP contribution in [0.5, 0.6) is 0 Å². The van der Waals surface area contributed by atoms with Gasteiger partial charge in [-0.25, -0.2) is 0 Å². The summed E-state index contributed by atoms with van der Waals surface area (Å²) in [6.07, 6.45) is 6.51. The van der Waals surface area contributed by atoms with E-state index in [9.17, 15) is 0 Å². The molecule has 4 nitrogen and oxygen atoms in total. The summed E-state index contributed by atoms with van der Waals surface area (Å²) >= 11 is 0. The van der Waals surface area contributed by atoms with Crippen LogP contribution in [-0.2, 0) is 6.42 Å². The lowest BCUT2D eigenvalue weighted by molar-refractivity contribution is 0.323. The molecule has 112 valence electrons. The van der Waals surface area contributed by atoms with Crippen LogP contribution in [0.3, 0.4) is 0 Å². The van der Waals surface area contributed by atoms with E-state index in [-0.39, 0.29) is 12.0 Å². The topological polar surface area (TPSA) is 64.9 Å². The Hall–Kier alpha value is -1.68. The Kier molecular flexibility index (Phi) is 4.34. The van der Waals surface area contributed by atoms with Crippen LogP contribution in [0.2, 0.25) is 0 Å². The van der Waals surface area contributed by atoms with Crippen molar-refractivity contribution in [2.75, 3.05) is 0 Å². The van der Waals surface area contributed by atoms with Gasteiger partial charge in [0.25, 0.3) is 0 Å². The van der Waals surface area contributed by atoms with E-state index in [4.69, 9.17) is 10.3 Å². The predicted molar refractivity (Wildman–Crippen MR) is 82.1 cm³/mol. The molecule has 1 aliphatic carbocycles. The third kappa shape index (κ3) is 3.50. The second-order valence-electron chi connectivity index (χ2n) is 6.12. The van der Waals surface area contributed by atoms with E-state index in [1.54, 1.807) is 0 Å². The maximum atomic E-state index is 6.26. The van der Waals surface area contributed by atoms with Crippen LogP contribution < -0.4 is 5.73 Å². The minimum Gasteiger partial charge on any atom is -0.339 e. The highest BCUT2D eigenvalue weighted by Gasteiger charge is 2.27. The summed E-state index contributed by atoms with van der Waals surface area (Å²) in [6.45, 7) is 2.09. The van der Waals surface area contributed by atoms with Crippen LogP contribution in [0, 0.1) is 6.92 Å². The number of aromatic nitrogens is 2. The number of rotatable bonds is 3. The number of nitrogens with two attached hydrogens (primary N) is 1. The highest BCUT2D eigenvalue weighted by Crippen LogP contribution is 2.30. The second kappa shape index (κ2) is 6.39. The molecule has 1 heterocycles. The monoisotopic (exact) mass is 285 g/mol. The SMILES string of the molecule is Cc1cccc(Cc2noc(C3CCCCCC3N)n2)c1. The largest absolute Gasteiger partial charge is 0.339 e. The van der Waals surface area contributed by atoms with E-state index in [1.807, 2.05) is 0 Å². The van der Waals surface area contributed by atoms with Gasteiger partial charge in [0.2, 0.25) is 5.89 Å². The number of nitrogens with zero attached hydrogens (tertiary/aromatic N) is 2. The summed E-state index contributed by atoms with van der Waals surface area (Å²) < 4.78 is 5.49. The smallest absolute Gasteiger partial charge is 0.231 e. The Morgan fingerprint density at radius 1 is 1.24 bits per heavy atom. The van der Waals surface area contributed by atoms with Gasteiger partial charge < -0.3 is 10.3 Å². The number of hydrogen-bond donors (Lipinski definition) is 1. The van der Waals surface area contributed by atoms with E-state index >= 15 is 0 Å². The first kappa shape index (κ1) is 14.3. The standard InChI is InChI=1S/C17H23N3O/c1-12-6-5-7-13(10-12)11-16-19-17(21-20-16)14-8-3-2-4-9-15(14)18/h5-7,10,14-15H,2-4,8-9,11,18H2,1H3. The zero-order valence-electron chi connectivity index (χ0n) is 12.6. The molecular weight excluding hydrogens is 262 g/mol. The van der Waals surface area contributed by atoms with Crippen molar-refractivity contribution >= 4 is 0 Å². The highest BCUT2D eigenvalue weighted by atomic mass is 16.5. The molecule has 2 aromatic rings. The predicted octanol–water partition coefficient (Wildman–Crippen LogP) is 3.34. The van der Waals surface area contributed by atoms with Crippen molar-refractivity contribution in [3.63, 3.8) is 0 Å². The van der Waals surface area contributed by atoms with E-state index in [0.717, 1.165) is 24.6 Å². The Morgan fingerprint density at radius 2 is 2.10 bits per heavy atom. The third-order valence-electron chi connectivity index (χ3n) is 4.32. The van der Waals surface area contributed by atoms with Crippen molar-refractivity contribution in [2.45, 2.75) is 57.4 Å². The van der Waals surface area contributed by atoms with Gasteiger partial charge in [-0.1, -0.05) is 54.2 Å². The fourth-order valence-electron chi connectivity index (χ4n) is 3.14. The van der Waals surface area contributed by atoms with Crippen molar-refractivity contribution in [3.8, 4) is 0 Å². The molecule has 1 fully saturated rings. The van der Waals surface area contributed by atoms with Crippen LogP contribution in [0.1, 0.15) is 60.9 Å². The first-order chi connectivity index (χ1) is 10.2. The van der Waals surface area contributed by atoms with Gasteiger partial charge in [0.1, 0.15) is 0 Å². The highest BCUT2D eigenvalue weighted by molar-refractivity contribution is 5.24. The Labute approximate surface area is 125 Å². The molecule has 1 saturated carbocycles. The molecular formula is C17H23N3O. The molecule has 0 aliphatic heterocycles. The Morgan fingerprint density at radius 3 is 2.95 bits per heavy atom. The first-order valence-electron chi connectivity index (χ1n) is 7.86. The molecule has 0 amide bonds. The number of aryl methyl sites for hydroxylation is 1. The fraction of sp³-hybridized carbons (Fsp3) is 0.529. The van der Waals surface area contributed by atoms with E-state index in [0.29, 0.717) is 6.42 Å². The van der Waals surface area contributed by atoms with Gasteiger partial charge in [-0.2, -0.15) is 4.98 Å². The molecule has 0 radical (unpaired) electrons. The molecule has 2 N–H and O–H groups in total. The second-order valence-corrected chi connectivity index (χ2v) is 6.12. The molecule has 0 spiro atoms. The van der Waals surface area contributed by atoms with E-state index in [1.165, 1.54) is 30.4 Å². The van der Waals surface area contributed by atoms with Crippen molar-refractivity contribution in [2.24, 2.45) is 5.73 Å². The molecule has 2 unspecified atom stereocenters. The molecule has 0 saturated heterocycles. The van der Waals surface area contributed by atoms with Crippen molar-refractivity contribution < 1.29 is 4.52 Å². The zero-order chi connectivity index (χ0) is 14.7. The maximum absolute atomic E-state index is 6.26. The molecule has 2 atom stereocenters. The van der Waals surface area contributed by atoms with E-state index < -0.39 is 0 Å². The van der Waals surface area contributed by atoms with Crippen molar-refractivity contribution in [1.29, 1.82) is 0 Å². The van der Waals surface area contributed by atoms with Crippen LogP contribution in [0.4, 0.5) is 0 Å². The summed E-state index contributed by atoms with van der Waals surface area (Å²) in [5.74, 6) is 1.71. The third-order valence-corrected chi connectivity index (χ3v) is 4.32. The lowest BCUT2D eigenvalue weighted by Gasteiger charge is -2.16. The van der Waals surface area contributed by atoms with Crippen molar-refractivity contribution in [1.82, 2.24) is 10.1 Å². The number of benzene rings is 1. The molecule has 0 bridgehead atoms. The minimum absolute atomic E-state index is 0.153. The van der Waals surface area contributed by atoms with Crippen LogP contribution in [-0.4, -0.2) is 16.2 Å². The summed E-state index contributed by atoms with van der Waals surface area (Å²) in [4.78, 5) is 4.59. The maximum Gasteiger partial charge on any atom is 0.231 e. The molecule has 1 aromatic carbocycles. The normalized spacial score (nSPS) is 23.0. The molecule has 3 rings (SSSR count). The van der Waals surface area contributed by atoms with Gasteiger partial charge >= 0.3 is 0 Å². The average molecular weight is 285 g/mol. The Bertz CT molecular complexity index is 593. The minimum atomic E-state index is 0.153. The van der Waals surface area contributed by atoms with Gasteiger partial charge in [-0.05, 0) is 25.3 Å². The van der Waals surface area contributed by atoms with Gasteiger partial charge in [0.05, 0.1) is 5.92 Å². The van der Waals surface area contributed by atoms with Crippen LogP contribution in [0.15, 0.2) is 28.8 Å². The van der Waals surface area contributed by atoms with Crippen LogP contribution >= 0.6 is 0 Å². The average Bonchev–Trinajstić information content (AvgIpc) is 2.80. The lowest BCUT2D eigenvalue weighted by Crippen LogP contribution is -2.27. The van der Waals surface area contributed by atoms with Crippen molar-refractivity contribution in [3.05, 3.63) is 47.1 Å². The molecule has 21 heavy (non-hydrogen) atoms. The van der Waals surface area contributed by atoms with E-state index in [2.05, 4.69) is 41.3 Å². The zero-order valence-corrected chi connectivity index (χ0v) is 12.6. The lowest BCUT2D eigenvalue weighted by atomic mass is 9.95. The van der Waals surface area contributed by atoms with Gasteiger partial charge in [-0.3, -0.25) is 0 Å². The molecule has 4 heteroatoms. The molecule has 1 aromatic heterocycles. The first-order valence-corrected chi connectivity index (χ1v) is 7.86. The summed E-state index contributed by atoms with van der Waals surface area (Å²) in [5, 5.41) is 4.14.